The standard InChI is InChI=1S/C21H16Cl2N2O2/c1-25(17-5-3-2-4-6-17)21(27)14-7-10-16(11-8-14)24-20(26)18-12-9-15(22)13-19(18)23/h2-13H,1H3,(H,24,26). The Labute approximate surface area is 167 Å². The summed E-state index contributed by atoms with van der Waals surface area (Å²) in [7, 11) is 1.72. The van der Waals surface area contributed by atoms with Crippen LogP contribution in [0, 0.1) is 0 Å². The summed E-state index contributed by atoms with van der Waals surface area (Å²) in [4.78, 5) is 26.5. The molecule has 4 nitrogen and oxygen atoms in total. The van der Waals surface area contributed by atoms with Gasteiger partial charge in [-0.2, -0.15) is 0 Å². The number of halogens is 2. The molecule has 0 fully saturated rings. The van der Waals surface area contributed by atoms with Gasteiger partial charge in [0.05, 0.1) is 10.6 Å². The molecule has 2 amide bonds. The van der Waals surface area contributed by atoms with Crippen LogP contribution >= 0.6 is 23.2 Å². The summed E-state index contributed by atoms with van der Waals surface area (Å²) < 4.78 is 0. The molecule has 136 valence electrons. The Bertz CT molecular complexity index is 973. The Morgan fingerprint density at radius 3 is 2.19 bits per heavy atom. The molecular formula is C21H16Cl2N2O2. The Hall–Kier alpha value is -2.82. The molecule has 0 aliphatic carbocycles. The second-order valence-electron chi connectivity index (χ2n) is 5.86. The van der Waals surface area contributed by atoms with E-state index in [0.717, 1.165) is 5.69 Å². The molecule has 6 heteroatoms. The lowest BCUT2D eigenvalue weighted by Gasteiger charge is -2.17. The van der Waals surface area contributed by atoms with Crippen LogP contribution in [-0.2, 0) is 0 Å². The normalized spacial score (nSPS) is 10.3. The van der Waals surface area contributed by atoms with Crippen molar-refractivity contribution in [3.63, 3.8) is 0 Å². The molecule has 0 spiro atoms. The van der Waals surface area contributed by atoms with E-state index >= 15 is 0 Å². The minimum atomic E-state index is -0.350. The fourth-order valence-electron chi connectivity index (χ4n) is 2.53. The molecule has 3 aromatic rings. The third-order valence-electron chi connectivity index (χ3n) is 4.01. The van der Waals surface area contributed by atoms with Crippen LogP contribution in [0.5, 0.6) is 0 Å². The van der Waals surface area contributed by atoms with E-state index in [2.05, 4.69) is 5.32 Å². The number of hydrogen-bond donors (Lipinski definition) is 1. The van der Waals surface area contributed by atoms with Crippen molar-refractivity contribution < 1.29 is 9.59 Å². The molecule has 0 saturated heterocycles. The van der Waals surface area contributed by atoms with Crippen molar-refractivity contribution in [3.05, 3.63) is 94.0 Å². The van der Waals surface area contributed by atoms with Gasteiger partial charge in [-0.3, -0.25) is 9.59 Å². The van der Waals surface area contributed by atoms with Gasteiger partial charge in [0, 0.05) is 29.0 Å². The van der Waals surface area contributed by atoms with Crippen LogP contribution in [0.2, 0.25) is 10.0 Å². The third kappa shape index (κ3) is 4.48. The summed E-state index contributed by atoms with van der Waals surface area (Å²) in [5.41, 5.74) is 2.20. The number of nitrogens with zero attached hydrogens (tertiary/aromatic N) is 1. The number of nitrogens with one attached hydrogen (secondary N) is 1. The topological polar surface area (TPSA) is 49.4 Å². The molecule has 0 atom stereocenters. The average molecular weight is 399 g/mol. The fourth-order valence-corrected chi connectivity index (χ4v) is 3.03. The molecule has 3 aromatic carbocycles. The molecule has 0 radical (unpaired) electrons. The van der Waals surface area contributed by atoms with Crippen LogP contribution in [0.25, 0.3) is 0 Å². The van der Waals surface area contributed by atoms with E-state index in [9.17, 15) is 9.59 Å². The first-order valence-electron chi connectivity index (χ1n) is 8.15. The second kappa shape index (κ2) is 8.25. The molecule has 0 bridgehead atoms. The number of anilines is 2. The predicted molar refractivity (Wildman–Crippen MR) is 110 cm³/mol. The highest BCUT2D eigenvalue weighted by atomic mass is 35.5. The predicted octanol–water partition coefficient (Wildman–Crippen LogP) is 5.52. The highest BCUT2D eigenvalue weighted by molar-refractivity contribution is 6.37. The highest BCUT2D eigenvalue weighted by Gasteiger charge is 2.14. The first-order chi connectivity index (χ1) is 13.0. The minimum Gasteiger partial charge on any atom is -0.322 e. The number of hydrogen-bond acceptors (Lipinski definition) is 2. The molecule has 0 unspecified atom stereocenters. The van der Waals surface area contributed by atoms with Gasteiger partial charge in [0.1, 0.15) is 0 Å². The molecule has 27 heavy (non-hydrogen) atoms. The van der Waals surface area contributed by atoms with Crippen LogP contribution < -0.4 is 10.2 Å². The maximum Gasteiger partial charge on any atom is 0.258 e. The second-order valence-corrected chi connectivity index (χ2v) is 6.70. The zero-order valence-electron chi connectivity index (χ0n) is 14.4. The summed E-state index contributed by atoms with van der Waals surface area (Å²) in [6.45, 7) is 0. The number of benzene rings is 3. The first-order valence-corrected chi connectivity index (χ1v) is 8.91. The molecule has 1 N–H and O–H groups in total. The van der Waals surface area contributed by atoms with Crippen molar-refractivity contribution >= 4 is 46.4 Å². The summed E-state index contributed by atoms with van der Waals surface area (Å²) in [5.74, 6) is -0.489. The van der Waals surface area contributed by atoms with Crippen molar-refractivity contribution in [1.82, 2.24) is 0 Å². The van der Waals surface area contributed by atoms with E-state index in [-0.39, 0.29) is 16.8 Å². The van der Waals surface area contributed by atoms with Gasteiger partial charge in [-0.15, -0.1) is 0 Å². The fraction of sp³-hybridized carbons (Fsp3) is 0.0476. The number of carbonyl (C=O) groups is 2. The molecule has 0 aliphatic rings. The number of rotatable bonds is 4. The number of para-hydroxylation sites is 1. The van der Waals surface area contributed by atoms with Crippen LogP contribution in [-0.4, -0.2) is 18.9 Å². The van der Waals surface area contributed by atoms with Gasteiger partial charge in [-0.25, -0.2) is 0 Å². The maximum atomic E-state index is 12.6. The van der Waals surface area contributed by atoms with Gasteiger partial charge in [0.15, 0.2) is 0 Å². The molecule has 3 rings (SSSR count). The van der Waals surface area contributed by atoms with Crippen molar-refractivity contribution in [3.8, 4) is 0 Å². The van der Waals surface area contributed by atoms with E-state index in [0.29, 0.717) is 21.8 Å². The van der Waals surface area contributed by atoms with Crippen LogP contribution in [0.1, 0.15) is 20.7 Å². The van der Waals surface area contributed by atoms with Crippen molar-refractivity contribution in [2.24, 2.45) is 0 Å². The van der Waals surface area contributed by atoms with E-state index in [1.807, 2.05) is 30.3 Å². The zero-order valence-corrected chi connectivity index (χ0v) is 16.0. The van der Waals surface area contributed by atoms with Gasteiger partial charge >= 0.3 is 0 Å². The Kier molecular flexibility index (Phi) is 5.79. The van der Waals surface area contributed by atoms with E-state index in [4.69, 9.17) is 23.2 Å². The van der Waals surface area contributed by atoms with Crippen molar-refractivity contribution in [2.75, 3.05) is 17.3 Å². The van der Waals surface area contributed by atoms with Crippen molar-refractivity contribution in [1.29, 1.82) is 0 Å². The lowest BCUT2D eigenvalue weighted by molar-refractivity contribution is 0.0991. The van der Waals surface area contributed by atoms with E-state index in [1.165, 1.54) is 6.07 Å². The first kappa shape index (κ1) is 19.0. The molecule has 0 aliphatic heterocycles. The highest BCUT2D eigenvalue weighted by Crippen LogP contribution is 2.22. The van der Waals surface area contributed by atoms with E-state index < -0.39 is 0 Å². The summed E-state index contributed by atoms with van der Waals surface area (Å²) >= 11 is 11.9. The molecular weight excluding hydrogens is 383 g/mol. The lowest BCUT2D eigenvalue weighted by Crippen LogP contribution is -2.26. The number of carbonyl (C=O) groups excluding carboxylic acids is 2. The van der Waals surface area contributed by atoms with Gasteiger partial charge in [-0.1, -0.05) is 41.4 Å². The SMILES string of the molecule is CN(C(=O)c1ccc(NC(=O)c2ccc(Cl)cc2Cl)cc1)c1ccccc1. The monoisotopic (exact) mass is 398 g/mol. The summed E-state index contributed by atoms with van der Waals surface area (Å²) in [6.07, 6.45) is 0. The van der Waals surface area contributed by atoms with Crippen LogP contribution in [0.15, 0.2) is 72.8 Å². The third-order valence-corrected chi connectivity index (χ3v) is 4.56. The molecule has 0 aromatic heterocycles. The maximum absolute atomic E-state index is 12.6. The van der Waals surface area contributed by atoms with Crippen LogP contribution in [0.3, 0.4) is 0 Å². The minimum absolute atomic E-state index is 0.139. The largest absolute Gasteiger partial charge is 0.322 e. The van der Waals surface area contributed by atoms with Gasteiger partial charge in [0.2, 0.25) is 0 Å². The van der Waals surface area contributed by atoms with E-state index in [1.54, 1.807) is 48.3 Å². The molecule has 0 heterocycles. The quantitative estimate of drug-likeness (QED) is 0.628. The van der Waals surface area contributed by atoms with Crippen molar-refractivity contribution in [2.45, 2.75) is 0 Å². The van der Waals surface area contributed by atoms with Gasteiger partial charge < -0.3 is 10.2 Å². The number of amides is 2. The smallest absolute Gasteiger partial charge is 0.258 e. The van der Waals surface area contributed by atoms with Crippen LogP contribution in [0.4, 0.5) is 11.4 Å². The summed E-state index contributed by atoms with van der Waals surface area (Å²) in [5, 5.41) is 3.49. The molecule has 0 saturated carbocycles. The van der Waals surface area contributed by atoms with Gasteiger partial charge in [-0.05, 0) is 54.6 Å². The zero-order chi connectivity index (χ0) is 19.4. The Morgan fingerprint density at radius 1 is 0.889 bits per heavy atom. The average Bonchev–Trinajstić information content (AvgIpc) is 2.68. The van der Waals surface area contributed by atoms with Gasteiger partial charge in [0.25, 0.3) is 11.8 Å². The lowest BCUT2D eigenvalue weighted by atomic mass is 10.1. The Balaban J connectivity index is 1.71. The summed E-state index contributed by atoms with van der Waals surface area (Å²) in [6, 6.07) is 20.7. The Morgan fingerprint density at radius 2 is 1.56 bits per heavy atom.